The number of carbonyl (C=O) groups excluding carboxylic acids is 2. The maximum Gasteiger partial charge on any atom is 0.416 e. The molecule has 14 heteroatoms. The van der Waals surface area contributed by atoms with Crippen molar-refractivity contribution < 1.29 is 41.4 Å². The van der Waals surface area contributed by atoms with E-state index in [0.717, 1.165) is 12.1 Å². The van der Waals surface area contributed by atoms with Gasteiger partial charge in [0.1, 0.15) is 6.04 Å². The molecule has 5 N–H and O–H groups in total. The van der Waals surface area contributed by atoms with Gasteiger partial charge in [0.15, 0.2) is 0 Å². The molecule has 1 heterocycles. The second-order valence-corrected chi connectivity index (χ2v) is 15.9. The van der Waals surface area contributed by atoms with Crippen LogP contribution in [0.25, 0.3) is 11.1 Å². The summed E-state index contributed by atoms with van der Waals surface area (Å²) in [5.41, 5.74) is -0.0437. The van der Waals surface area contributed by atoms with Gasteiger partial charge in [-0.15, -0.1) is 0 Å². The van der Waals surface area contributed by atoms with Gasteiger partial charge in [-0.25, -0.2) is 13.1 Å². The van der Waals surface area contributed by atoms with E-state index in [2.05, 4.69) is 15.4 Å². The first-order valence-electron chi connectivity index (χ1n) is 16.3. The lowest BCUT2D eigenvalue weighted by molar-refractivity contribution is -0.137. The van der Waals surface area contributed by atoms with Crippen molar-refractivity contribution in [2.45, 2.75) is 94.7 Å². The number of nitrogens with one attached hydrogen (secondary N) is 3. The molecule has 3 aromatic rings. The quantitative estimate of drug-likeness (QED) is 0.185. The Kier molecular flexibility index (Phi) is 11.8. The lowest BCUT2D eigenvalue weighted by atomic mass is 9.99. The average Bonchev–Trinajstić information content (AvgIpc) is 3.14. The minimum Gasteiger partial charge on any atom is -0.394 e. The van der Waals surface area contributed by atoms with E-state index in [0.29, 0.717) is 27.9 Å². The number of halogens is 3. The highest BCUT2D eigenvalue weighted by Crippen LogP contribution is 2.36. The van der Waals surface area contributed by atoms with Crippen LogP contribution >= 0.6 is 0 Å². The molecule has 0 radical (unpaired) electrons. The van der Waals surface area contributed by atoms with Crippen LogP contribution in [0, 0.1) is 0 Å². The predicted molar refractivity (Wildman–Crippen MR) is 185 cm³/mol. The topological polar surface area (TPSA) is 148 Å². The number of aliphatic hydroxyl groups is 2. The van der Waals surface area contributed by atoms with Crippen molar-refractivity contribution >= 4 is 27.5 Å². The molecule has 50 heavy (non-hydrogen) atoms. The Balaban J connectivity index is 1.62. The summed E-state index contributed by atoms with van der Waals surface area (Å²) in [6.07, 6.45) is -5.52. The Morgan fingerprint density at radius 1 is 1.00 bits per heavy atom. The normalized spacial score (nSPS) is 16.5. The largest absolute Gasteiger partial charge is 0.416 e. The summed E-state index contributed by atoms with van der Waals surface area (Å²) >= 11 is 0. The second-order valence-electron chi connectivity index (χ2n) is 14.3. The van der Waals surface area contributed by atoms with Crippen LogP contribution < -0.4 is 20.3 Å². The van der Waals surface area contributed by atoms with Crippen molar-refractivity contribution in [3.8, 4) is 11.1 Å². The van der Waals surface area contributed by atoms with Crippen molar-refractivity contribution in [2.24, 2.45) is 0 Å². The molecule has 0 saturated heterocycles. The zero-order chi connectivity index (χ0) is 37.1. The molecule has 0 aliphatic carbocycles. The highest BCUT2D eigenvalue weighted by atomic mass is 32.2. The first kappa shape index (κ1) is 39.0. The molecule has 0 saturated carbocycles. The van der Waals surface area contributed by atoms with E-state index in [-0.39, 0.29) is 37.2 Å². The fraction of sp³-hybridized carbons (Fsp3) is 0.444. The highest BCUT2D eigenvalue weighted by molar-refractivity contribution is 7.89. The Bertz CT molecular complexity index is 1790. The van der Waals surface area contributed by atoms with Gasteiger partial charge in [-0.1, -0.05) is 42.5 Å². The lowest BCUT2D eigenvalue weighted by Crippen LogP contribution is -2.51. The van der Waals surface area contributed by atoms with Crippen LogP contribution in [0.1, 0.15) is 64.2 Å². The Morgan fingerprint density at radius 3 is 2.28 bits per heavy atom. The Labute approximate surface area is 291 Å². The van der Waals surface area contributed by atoms with E-state index in [9.17, 15) is 36.3 Å². The number of aliphatic hydroxyl groups excluding tert-OH is 2. The number of fused-ring (bicyclic) bond motifs is 1. The molecule has 4 rings (SSSR count). The summed E-state index contributed by atoms with van der Waals surface area (Å²) in [7, 11) is -3.87. The molecule has 0 unspecified atom stereocenters. The number of sulfonamides is 1. The molecule has 1 aliphatic heterocycles. The molecule has 10 nitrogen and oxygen atoms in total. The maximum atomic E-state index is 14.0. The van der Waals surface area contributed by atoms with Crippen LogP contribution in [0.15, 0.2) is 71.6 Å². The van der Waals surface area contributed by atoms with Gasteiger partial charge in [0.2, 0.25) is 21.8 Å². The monoisotopic (exact) mass is 718 g/mol. The standard InChI is InChI=1S/C36H45F3N4O6S/c1-34(2,3)42-50(48,49)31-9-7-6-8-28(31)24-12-10-23(11-13-24)21-43-30-17-15-26(36(37,38)39)18-25(30)14-16-29(33(43)47)41-32(46)19-35(4,5)40-20-27(45)22-44/h6-13,15,17-18,27,29,40,42,44-45H,14,16,19-22H2,1-5H3,(H,41,46)/t27-,29+/m0/s1. The fourth-order valence-corrected chi connectivity index (χ4v) is 7.44. The van der Waals surface area contributed by atoms with E-state index >= 15 is 0 Å². The summed E-state index contributed by atoms with van der Waals surface area (Å²) in [5.74, 6) is -0.966. The van der Waals surface area contributed by atoms with Gasteiger partial charge in [0.25, 0.3) is 0 Å². The van der Waals surface area contributed by atoms with Crippen molar-refractivity contribution in [3.05, 3.63) is 83.4 Å². The third kappa shape index (κ3) is 10.1. The van der Waals surface area contributed by atoms with E-state index in [1.54, 1.807) is 77.1 Å². The molecule has 0 aromatic heterocycles. The number of anilines is 1. The molecule has 272 valence electrons. The summed E-state index contributed by atoms with van der Waals surface area (Å²) in [5, 5.41) is 24.5. The van der Waals surface area contributed by atoms with Gasteiger partial charge in [-0.2, -0.15) is 13.2 Å². The van der Waals surface area contributed by atoms with Crippen LogP contribution in [0.3, 0.4) is 0 Å². The number of carbonyl (C=O) groups is 2. The van der Waals surface area contributed by atoms with Crippen molar-refractivity contribution in [3.63, 3.8) is 0 Å². The summed E-state index contributed by atoms with van der Waals surface area (Å²) in [6.45, 7) is 8.25. The van der Waals surface area contributed by atoms with Crippen LogP contribution in [0.2, 0.25) is 0 Å². The van der Waals surface area contributed by atoms with Crippen molar-refractivity contribution in [2.75, 3.05) is 18.1 Å². The minimum absolute atomic E-state index is 0.0263. The summed E-state index contributed by atoms with van der Waals surface area (Å²) in [6, 6.07) is 15.7. The Hall–Kier alpha value is -3.82. The second kappa shape index (κ2) is 15.2. The molecular formula is C36H45F3N4O6S. The summed E-state index contributed by atoms with van der Waals surface area (Å²) in [4.78, 5) is 28.7. The minimum atomic E-state index is -4.59. The van der Waals surface area contributed by atoms with Crippen molar-refractivity contribution in [1.29, 1.82) is 0 Å². The molecule has 0 fully saturated rings. The molecule has 3 aromatic carbocycles. The average molecular weight is 719 g/mol. The predicted octanol–water partition coefficient (Wildman–Crippen LogP) is 4.52. The van der Waals surface area contributed by atoms with E-state index in [4.69, 9.17) is 5.11 Å². The van der Waals surface area contributed by atoms with Gasteiger partial charge >= 0.3 is 6.18 Å². The zero-order valence-corrected chi connectivity index (χ0v) is 29.6. The highest BCUT2D eigenvalue weighted by Gasteiger charge is 2.36. The van der Waals surface area contributed by atoms with Gasteiger partial charge in [0, 0.05) is 35.3 Å². The van der Waals surface area contributed by atoms with Crippen LogP contribution in [-0.2, 0) is 38.8 Å². The first-order chi connectivity index (χ1) is 23.2. The number of benzene rings is 3. The van der Waals surface area contributed by atoms with E-state index in [1.165, 1.54) is 17.0 Å². The third-order valence-electron chi connectivity index (χ3n) is 8.15. The first-order valence-corrected chi connectivity index (χ1v) is 17.7. The summed E-state index contributed by atoms with van der Waals surface area (Å²) < 4.78 is 70.1. The number of nitrogens with zero attached hydrogens (tertiary/aromatic N) is 1. The van der Waals surface area contributed by atoms with Gasteiger partial charge < -0.3 is 25.7 Å². The lowest BCUT2D eigenvalue weighted by Gasteiger charge is -2.29. The molecule has 2 amide bonds. The number of alkyl halides is 3. The van der Waals surface area contributed by atoms with Crippen LogP contribution in [0.4, 0.5) is 18.9 Å². The SMILES string of the molecule is CC(C)(C)NS(=O)(=O)c1ccccc1-c1ccc(CN2C(=O)[C@H](NC(=O)CC(C)(C)NC[C@H](O)CO)CCc3cc(C(F)(F)F)ccc32)cc1. The molecule has 0 spiro atoms. The number of hydrogen-bond donors (Lipinski definition) is 5. The number of aryl methyl sites for hydroxylation is 1. The molecule has 1 aliphatic rings. The third-order valence-corrected chi connectivity index (χ3v) is 9.97. The molecule has 2 atom stereocenters. The Morgan fingerprint density at radius 2 is 1.66 bits per heavy atom. The number of β-amino-alcohol motifs (C(OH)–C–C–N with tert-alkyl or cyclic N) is 1. The van der Waals surface area contributed by atoms with Crippen LogP contribution in [-0.4, -0.2) is 66.8 Å². The van der Waals surface area contributed by atoms with Gasteiger partial charge in [-0.05, 0) is 88.4 Å². The van der Waals surface area contributed by atoms with Crippen molar-refractivity contribution in [1.82, 2.24) is 15.4 Å². The van der Waals surface area contributed by atoms with Gasteiger partial charge in [0.05, 0.1) is 29.7 Å². The zero-order valence-electron chi connectivity index (χ0n) is 28.8. The van der Waals surface area contributed by atoms with Crippen LogP contribution in [0.5, 0.6) is 0 Å². The number of amides is 2. The van der Waals surface area contributed by atoms with E-state index in [1.807, 2.05) is 0 Å². The smallest absolute Gasteiger partial charge is 0.394 e. The molecule has 0 bridgehead atoms. The van der Waals surface area contributed by atoms with E-state index < -0.39 is 63.4 Å². The number of rotatable bonds is 12. The number of hydrogen-bond acceptors (Lipinski definition) is 7. The van der Waals surface area contributed by atoms with Gasteiger partial charge in [-0.3, -0.25) is 9.59 Å². The molecular weight excluding hydrogens is 673 g/mol. The maximum absolute atomic E-state index is 14.0. The fourth-order valence-electron chi connectivity index (χ4n) is 5.79.